The molecule has 0 atom stereocenters. The summed E-state index contributed by atoms with van der Waals surface area (Å²) in [7, 11) is 0. The lowest BCUT2D eigenvalue weighted by molar-refractivity contribution is 0.296. The molecule has 1 aromatic rings. The van der Waals surface area contributed by atoms with Crippen LogP contribution < -0.4 is 10.6 Å². The number of hydrogen-bond donors (Lipinski definition) is 2. The van der Waals surface area contributed by atoms with Gasteiger partial charge in [0.15, 0.2) is 5.96 Å². The van der Waals surface area contributed by atoms with Crippen LogP contribution in [-0.4, -0.2) is 37.0 Å². The quantitative estimate of drug-likeness (QED) is 0.877. The van der Waals surface area contributed by atoms with E-state index in [-0.39, 0.29) is 0 Å². The van der Waals surface area contributed by atoms with Gasteiger partial charge in [-0.25, -0.2) is 4.99 Å². The first-order valence-corrected chi connectivity index (χ1v) is 7.66. The van der Waals surface area contributed by atoms with Gasteiger partial charge >= 0.3 is 0 Å². The molecule has 0 aliphatic carbocycles. The first-order valence-electron chi connectivity index (χ1n) is 6.90. The van der Waals surface area contributed by atoms with Gasteiger partial charge in [0.25, 0.3) is 0 Å². The highest BCUT2D eigenvalue weighted by Gasteiger charge is 2.12. The Kier molecular flexibility index (Phi) is 5.52. The number of benzene rings is 1. The standard InChI is InChI=1S/C14H20Cl2N4/c1-3-20(4-2)9-10-7-11(15)13(12(16)8-10)19-14-17-5-6-18-14/h7-8H,3-6,9H2,1-2H3,(H2,17,18,19). The molecule has 1 aromatic carbocycles. The van der Waals surface area contributed by atoms with Gasteiger partial charge in [-0.15, -0.1) is 0 Å². The molecule has 1 heterocycles. The second-order valence-corrected chi connectivity index (χ2v) is 5.50. The number of nitrogens with zero attached hydrogens (tertiary/aromatic N) is 2. The van der Waals surface area contributed by atoms with Crippen LogP contribution in [0.25, 0.3) is 0 Å². The van der Waals surface area contributed by atoms with Gasteiger partial charge in [-0.2, -0.15) is 0 Å². The summed E-state index contributed by atoms with van der Waals surface area (Å²) in [6.07, 6.45) is 0. The van der Waals surface area contributed by atoms with E-state index in [1.807, 2.05) is 12.1 Å². The molecular weight excluding hydrogens is 295 g/mol. The zero-order chi connectivity index (χ0) is 14.5. The minimum atomic E-state index is 0.586. The predicted molar refractivity (Wildman–Crippen MR) is 86.2 cm³/mol. The number of aliphatic imine (C=N–C) groups is 1. The Hall–Kier alpha value is -0.970. The van der Waals surface area contributed by atoms with Crippen LogP contribution in [0.5, 0.6) is 0 Å². The Balaban J connectivity index is 2.22. The molecule has 0 saturated carbocycles. The summed E-state index contributed by atoms with van der Waals surface area (Å²) in [5.74, 6) is 0.727. The lowest BCUT2D eigenvalue weighted by Gasteiger charge is -2.18. The summed E-state index contributed by atoms with van der Waals surface area (Å²) in [4.78, 5) is 6.75. The first-order chi connectivity index (χ1) is 9.63. The van der Waals surface area contributed by atoms with Crippen molar-refractivity contribution < 1.29 is 0 Å². The van der Waals surface area contributed by atoms with Gasteiger partial charge in [0.05, 0.1) is 10.0 Å². The van der Waals surface area contributed by atoms with Crippen molar-refractivity contribution in [3.05, 3.63) is 27.7 Å². The van der Waals surface area contributed by atoms with Crippen LogP contribution in [-0.2, 0) is 6.54 Å². The Labute approximate surface area is 130 Å². The molecule has 2 N–H and O–H groups in total. The van der Waals surface area contributed by atoms with Gasteiger partial charge in [-0.1, -0.05) is 37.0 Å². The van der Waals surface area contributed by atoms with Gasteiger partial charge in [-0.05, 0) is 30.8 Å². The van der Waals surface area contributed by atoms with E-state index in [4.69, 9.17) is 23.2 Å². The molecule has 0 aromatic heterocycles. The maximum Gasteiger partial charge on any atom is 0.196 e. The SMILES string of the molecule is CCN(CC)Cc1cc(Cl)c(N=C2NCCN2)c(Cl)c1. The first kappa shape index (κ1) is 15.4. The second-order valence-electron chi connectivity index (χ2n) is 4.68. The zero-order valence-corrected chi connectivity index (χ0v) is 13.4. The Morgan fingerprint density at radius 3 is 2.15 bits per heavy atom. The molecular formula is C14H20Cl2N4. The van der Waals surface area contributed by atoms with Crippen LogP contribution in [0.2, 0.25) is 10.0 Å². The molecule has 0 bridgehead atoms. The average Bonchev–Trinajstić information content (AvgIpc) is 2.93. The van der Waals surface area contributed by atoms with E-state index < -0.39 is 0 Å². The van der Waals surface area contributed by atoms with E-state index in [1.165, 1.54) is 0 Å². The van der Waals surface area contributed by atoms with Gasteiger partial charge in [-0.3, -0.25) is 4.90 Å². The molecule has 1 saturated heterocycles. The van der Waals surface area contributed by atoms with Crippen molar-refractivity contribution in [2.45, 2.75) is 20.4 Å². The molecule has 0 unspecified atom stereocenters. The number of hydrogen-bond acceptors (Lipinski definition) is 2. The largest absolute Gasteiger partial charge is 0.354 e. The van der Waals surface area contributed by atoms with Crippen molar-refractivity contribution >= 4 is 34.8 Å². The van der Waals surface area contributed by atoms with Crippen molar-refractivity contribution in [1.29, 1.82) is 0 Å². The molecule has 4 nitrogen and oxygen atoms in total. The zero-order valence-electron chi connectivity index (χ0n) is 11.8. The van der Waals surface area contributed by atoms with Crippen molar-refractivity contribution in [2.24, 2.45) is 4.99 Å². The van der Waals surface area contributed by atoms with Crippen LogP contribution in [0.3, 0.4) is 0 Å². The van der Waals surface area contributed by atoms with Gasteiger partial charge in [0, 0.05) is 19.6 Å². The van der Waals surface area contributed by atoms with E-state index in [0.29, 0.717) is 15.7 Å². The number of halogens is 2. The highest BCUT2D eigenvalue weighted by atomic mass is 35.5. The van der Waals surface area contributed by atoms with Crippen molar-refractivity contribution in [2.75, 3.05) is 26.2 Å². The summed E-state index contributed by atoms with van der Waals surface area (Å²) in [5.41, 5.74) is 1.73. The second kappa shape index (κ2) is 7.16. The lowest BCUT2D eigenvalue weighted by atomic mass is 10.2. The van der Waals surface area contributed by atoms with E-state index >= 15 is 0 Å². The smallest absolute Gasteiger partial charge is 0.196 e. The summed E-state index contributed by atoms with van der Waals surface area (Å²) >= 11 is 12.6. The van der Waals surface area contributed by atoms with E-state index in [2.05, 4.69) is 34.4 Å². The lowest BCUT2D eigenvalue weighted by Crippen LogP contribution is -2.23. The monoisotopic (exact) mass is 314 g/mol. The number of guanidine groups is 1. The van der Waals surface area contributed by atoms with Crippen LogP contribution in [0, 0.1) is 0 Å². The minimum absolute atomic E-state index is 0.586. The number of nitrogens with one attached hydrogen (secondary N) is 2. The molecule has 0 radical (unpaired) electrons. The van der Waals surface area contributed by atoms with Crippen LogP contribution in [0.4, 0.5) is 5.69 Å². The highest BCUT2D eigenvalue weighted by Crippen LogP contribution is 2.34. The van der Waals surface area contributed by atoms with Gasteiger partial charge in [0.1, 0.15) is 5.69 Å². The summed E-state index contributed by atoms with van der Waals surface area (Å²) in [6, 6.07) is 3.89. The molecule has 6 heteroatoms. The molecule has 2 rings (SSSR count). The Morgan fingerprint density at radius 2 is 1.65 bits per heavy atom. The van der Waals surface area contributed by atoms with Crippen molar-refractivity contribution in [3.63, 3.8) is 0 Å². The maximum atomic E-state index is 6.32. The Morgan fingerprint density at radius 1 is 1.10 bits per heavy atom. The summed E-state index contributed by atoms with van der Waals surface area (Å²) in [6.45, 7) is 8.88. The molecule has 1 aliphatic rings. The third kappa shape index (κ3) is 3.78. The van der Waals surface area contributed by atoms with Crippen LogP contribution in [0.1, 0.15) is 19.4 Å². The Bertz CT molecular complexity index is 467. The fourth-order valence-corrected chi connectivity index (χ4v) is 2.75. The average molecular weight is 315 g/mol. The van der Waals surface area contributed by atoms with Gasteiger partial charge in [0.2, 0.25) is 0 Å². The number of rotatable bonds is 5. The third-order valence-corrected chi connectivity index (χ3v) is 3.89. The van der Waals surface area contributed by atoms with E-state index in [9.17, 15) is 0 Å². The fourth-order valence-electron chi connectivity index (χ4n) is 2.14. The normalized spacial score (nSPS) is 14.3. The van der Waals surface area contributed by atoms with Crippen LogP contribution >= 0.6 is 23.2 Å². The molecule has 20 heavy (non-hydrogen) atoms. The topological polar surface area (TPSA) is 39.7 Å². The van der Waals surface area contributed by atoms with E-state index in [1.54, 1.807) is 0 Å². The van der Waals surface area contributed by atoms with Gasteiger partial charge < -0.3 is 10.6 Å². The molecule has 1 fully saturated rings. The van der Waals surface area contributed by atoms with Crippen molar-refractivity contribution in [3.8, 4) is 0 Å². The predicted octanol–water partition coefficient (Wildman–Crippen LogP) is 3.02. The van der Waals surface area contributed by atoms with E-state index in [0.717, 1.165) is 44.2 Å². The third-order valence-electron chi connectivity index (χ3n) is 3.31. The summed E-state index contributed by atoms with van der Waals surface area (Å²) in [5, 5.41) is 7.45. The van der Waals surface area contributed by atoms with Crippen molar-refractivity contribution in [1.82, 2.24) is 15.5 Å². The highest BCUT2D eigenvalue weighted by molar-refractivity contribution is 6.39. The maximum absolute atomic E-state index is 6.32. The van der Waals surface area contributed by atoms with Crippen LogP contribution in [0.15, 0.2) is 17.1 Å². The molecule has 0 amide bonds. The molecule has 1 aliphatic heterocycles. The molecule has 0 spiro atoms. The summed E-state index contributed by atoms with van der Waals surface area (Å²) < 4.78 is 0. The minimum Gasteiger partial charge on any atom is -0.354 e. The fraction of sp³-hybridized carbons (Fsp3) is 0.500. The molecule has 110 valence electrons.